The number of likely N-dealkylation sites (tertiary alicyclic amines) is 1. The van der Waals surface area contributed by atoms with E-state index in [1.807, 2.05) is 12.1 Å². The summed E-state index contributed by atoms with van der Waals surface area (Å²) in [6.07, 6.45) is 5.86. The van der Waals surface area contributed by atoms with Crippen LogP contribution in [0.5, 0.6) is 0 Å². The highest BCUT2D eigenvalue weighted by Crippen LogP contribution is 2.38. The number of piperidine rings is 1. The zero-order valence-electron chi connectivity index (χ0n) is 18.3. The molecule has 2 unspecified atom stereocenters. The van der Waals surface area contributed by atoms with Gasteiger partial charge in [0.05, 0.1) is 4.90 Å². The topological polar surface area (TPSA) is 75.4 Å². The van der Waals surface area contributed by atoms with Crippen molar-refractivity contribution in [1.29, 1.82) is 0 Å². The lowest BCUT2D eigenvalue weighted by Crippen LogP contribution is -2.43. The molecule has 1 aliphatic carbocycles. The number of nitrogens with two attached hydrogens (primary N) is 1. The lowest BCUT2D eigenvalue weighted by molar-refractivity contribution is 0.189. The molecule has 8 heteroatoms. The minimum absolute atomic E-state index is 0. The van der Waals surface area contributed by atoms with E-state index in [0.717, 1.165) is 38.0 Å². The van der Waals surface area contributed by atoms with Crippen LogP contribution < -0.4 is 10.5 Å². The van der Waals surface area contributed by atoms with Crippen LogP contribution in [0.4, 0.5) is 0 Å². The Balaban J connectivity index is 0.00000181. The molecule has 0 radical (unpaired) electrons. The fraction of sp³-hybridized carbons (Fsp3) is 0.417. The smallest absolute Gasteiger partial charge is 0.238 e. The summed E-state index contributed by atoms with van der Waals surface area (Å²) in [5.74, 6) is 0.667. The van der Waals surface area contributed by atoms with Crippen LogP contribution in [-0.2, 0) is 16.6 Å². The molecule has 2 fully saturated rings. The van der Waals surface area contributed by atoms with Crippen LogP contribution in [-0.4, -0.2) is 38.5 Å². The first-order valence-corrected chi connectivity index (χ1v) is 12.3. The van der Waals surface area contributed by atoms with Gasteiger partial charge in [-0.05, 0) is 68.5 Å². The molecule has 1 heterocycles. The fourth-order valence-corrected chi connectivity index (χ4v) is 4.92. The second kappa shape index (κ2) is 11.6. The number of benzene rings is 2. The Morgan fingerprint density at radius 1 is 1.06 bits per heavy atom. The zero-order chi connectivity index (χ0) is 21.1. The maximum Gasteiger partial charge on any atom is 0.238 e. The van der Waals surface area contributed by atoms with Crippen molar-refractivity contribution in [2.75, 3.05) is 13.1 Å². The predicted octanol–water partition coefficient (Wildman–Crippen LogP) is 4.22. The number of hydrogen-bond acceptors (Lipinski definition) is 4. The van der Waals surface area contributed by atoms with E-state index < -0.39 is 10.0 Å². The van der Waals surface area contributed by atoms with Crippen molar-refractivity contribution >= 4 is 40.9 Å². The third kappa shape index (κ3) is 7.30. The van der Waals surface area contributed by atoms with E-state index in [-0.39, 0.29) is 29.7 Å². The molecule has 2 aliphatic rings. The Morgan fingerprint density at radius 2 is 1.69 bits per heavy atom. The number of nitrogens with one attached hydrogen (secondary N) is 1. The summed E-state index contributed by atoms with van der Waals surface area (Å²) in [5, 5.41) is 9.04. The molecule has 2 aromatic carbocycles. The fourth-order valence-electron chi connectivity index (χ4n) is 4.40. The highest BCUT2D eigenvalue weighted by atomic mass is 35.5. The Morgan fingerprint density at radius 3 is 2.28 bits per heavy atom. The normalized spacial score (nSPS) is 22.0. The molecule has 0 amide bonds. The summed E-state index contributed by atoms with van der Waals surface area (Å²) in [5.41, 5.74) is 3.88. The van der Waals surface area contributed by atoms with Crippen LogP contribution >= 0.6 is 24.8 Å². The first kappa shape index (κ1) is 26.8. The van der Waals surface area contributed by atoms with Crippen molar-refractivity contribution in [2.45, 2.75) is 49.7 Å². The van der Waals surface area contributed by atoms with Gasteiger partial charge >= 0.3 is 0 Å². The summed E-state index contributed by atoms with van der Waals surface area (Å²) < 4.78 is 22.8. The van der Waals surface area contributed by atoms with E-state index in [0.29, 0.717) is 18.0 Å². The van der Waals surface area contributed by atoms with Crippen molar-refractivity contribution in [3.8, 4) is 0 Å². The molecular formula is C24H33Cl2N3O2S. The van der Waals surface area contributed by atoms with Crippen molar-refractivity contribution < 1.29 is 8.42 Å². The number of rotatable bonds is 7. The van der Waals surface area contributed by atoms with E-state index in [1.165, 1.54) is 17.6 Å². The predicted molar refractivity (Wildman–Crippen MR) is 136 cm³/mol. The molecule has 2 atom stereocenters. The molecule has 3 N–H and O–H groups in total. The molecule has 5 nitrogen and oxygen atoms in total. The van der Waals surface area contributed by atoms with Crippen molar-refractivity contribution in [1.82, 2.24) is 10.2 Å². The van der Waals surface area contributed by atoms with Crippen LogP contribution in [0.15, 0.2) is 65.1 Å². The summed E-state index contributed by atoms with van der Waals surface area (Å²) in [4.78, 5) is 2.61. The third-order valence-corrected chi connectivity index (χ3v) is 7.19. The second-order valence-electron chi connectivity index (χ2n) is 8.65. The molecule has 0 aromatic heterocycles. The third-order valence-electron chi connectivity index (χ3n) is 6.26. The van der Waals surface area contributed by atoms with Gasteiger partial charge in [0, 0.05) is 18.6 Å². The maximum atomic E-state index is 11.4. The van der Waals surface area contributed by atoms with E-state index in [4.69, 9.17) is 5.14 Å². The molecule has 32 heavy (non-hydrogen) atoms. The lowest BCUT2D eigenvalue weighted by atomic mass is 10.0. The second-order valence-corrected chi connectivity index (χ2v) is 10.2. The monoisotopic (exact) mass is 497 g/mol. The Labute approximate surface area is 204 Å². The van der Waals surface area contributed by atoms with Crippen molar-refractivity contribution in [3.63, 3.8) is 0 Å². The minimum Gasteiger partial charge on any atom is -0.311 e. The van der Waals surface area contributed by atoms with Crippen LogP contribution in [0, 0.1) is 5.92 Å². The maximum absolute atomic E-state index is 11.4. The number of primary sulfonamides is 1. The van der Waals surface area contributed by atoms with Crippen LogP contribution in [0.1, 0.15) is 37.3 Å². The number of halogens is 2. The van der Waals surface area contributed by atoms with Crippen LogP contribution in [0.3, 0.4) is 0 Å². The molecule has 2 aromatic rings. The van der Waals surface area contributed by atoms with E-state index >= 15 is 0 Å². The molecule has 1 saturated carbocycles. The number of hydrogen-bond donors (Lipinski definition) is 2. The molecular weight excluding hydrogens is 465 g/mol. The van der Waals surface area contributed by atoms with Gasteiger partial charge in [-0.25, -0.2) is 13.6 Å². The number of nitrogens with zero attached hydrogens (tertiary/aromatic N) is 1. The first-order valence-electron chi connectivity index (χ1n) is 10.7. The Bertz CT molecular complexity index is 990. The van der Waals surface area contributed by atoms with Crippen molar-refractivity contribution in [2.24, 2.45) is 11.1 Å². The number of sulfonamides is 1. The summed E-state index contributed by atoms with van der Waals surface area (Å²) in [7, 11) is -3.62. The van der Waals surface area contributed by atoms with Gasteiger partial charge in [0.25, 0.3) is 0 Å². The van der Waals surface area contributed by atoms with Gasteiger partial charge in [-0.1, -0.05) is 54.1 Å². The molecule has 4 rings (SSSR count). The van der Waals surface area contributed by atoms with Gasteiger partial charge in [-0.3, -0.25) is 4.90 Å². The van der Waals surface area contributed by atoms with Gasteiger partial charge in [0.1, 0.15) is 0 Å². The van der Waals surface area contributed by atoms with E-state index in [1.54, 1.807) is 12.1 Å². The first-order chi connectivity index (χ1) is 14.4. The highest BCUT2D eigenvalue weighted by Gasteiger charge is 2.39. The molecule has 0 bridgehead atoms. The van der Waals surface area contributed by atoms with E-state index in [2.05, 4.69) is 53.5 Å². The molecule has 1 aliphatic heterocycles. The molecule has 1 saturated heterocycles. The van der Waals surface area contributed by atoms with Gasteiger partial charge in [0.15, 0.2) is 0 Å². The summed E-state index contributed by atoms with van der Waals surface area (Å²) in [6.45, 7) is 5.22. The van der Waals surface area contributed by atoms with Gasteiger partial charge in [-0.2, -0.15) is 0 Å². The van der Waals surface area contributed by atoms with E-state index in [9.17, 15) is 8.42 Å². The zero-order valence-corrected chi connectivity index (χ0v) is 20.8. The standard InChI is InChI=1S/C24H31N3O2S.2ClH/c1-18(15-19-5-3-2-4-6-19)23-16-24(23)26-21-11-13-27(14-12-21)17-20-7-9-22(10-8-20)30(25,28)29;;/h2-10,15,21,23-24,26H,11-14,16-17H2,1H3,(H2,25,28,29);2*1H. The molecule has 176 valence electrons. The Hall–Kier alpha value is -1.41. The quantitative estimate of drug-likeness (QED) is 0.600. The largest absolute Gasteiger partial charge is 0.311 e. The Kier molecular flexibility index (Phi) is 9.76. The van der Waals surface area contributed by atoms with Gasteiger partial charge < -0.3 is 5.32 Å². The van der Waals surface area contributed by atoms with Gasteiger partial charge in [-0.15, -0.1) is 24.8 Å². The minimum atomic E-state index is -3.62. The average Bonchev–Trinajstić information content (AvgIpc) is 3.49. The summed E-state index contributed by atoms with van der Waals surface area (Å²) >= 11 is 0. The van der Waals surface area contributed by atoms with Crippen LogP contribution in [0.25, 0.3) is 6.08 Å². The van der Waals surface area contributed by atoms with Crippen LogP contribution in [0.2, 0.25) is 0 Å². The molecule has 0 spiro atoms. The SMILES string of the molecule is CC(=Cc1ccccc1)C1CC1NC1CCN(Cc2ccc(S(N)(=O)=O)cc2)CC1.Cl.Cl. The lowest BCUT2D eigenvalue weighted by Gasteiger charge is -2.32. The van der Waals surface area contributed by atoms with Crippen molar-refractivity contribution in [3.05, 3.63) is 71.3 Å². The highest BCUT2D eigenvalue weighted by molar-refractivity contribution is 7.89. The summed E-state index contributed by atoms with van der Waals surface area (Å²) in [6, 6.07) is 18.7. The average molecular weight is 499 g/mol. The van der Waals surface area contributed by atoms with Gasteiger partial charge in [0.2, 0.25) is 10.0 Å².